The van der Waals surface area contributed by atoms with Gasteiger partial charge in [0.15, 0.2) is 0 Å². The van der Waals surface area contributed by atoms with Gasteiger partial charge in [-0.25, -0.2) is 0 Å². The van der Waals surface area contributed by atoms with Gasteiger partial charge in [-0.3, -0.25) is 4.79 Å². The minimum absolute atomic E-state index is 0.0935. The number of anilines is 1. The third-order valence-corrected chi connectivity index (χ3v) is 4.51. The second-order valence-corrected chi connectivity index (χ2v) is 6.17. The van der Waals surface area contributed by atoms with Crippen molar-refractivity contribution in [1.82, 2.24) is 0 Å². The number of aryl methyl sites for hydroxylation is 1. The van der Waals surface area contributed by atoms with Crippen LogP contribution in [0, 0.1) is 6.92 Å². The molecule has 1 aliphatic rings. The van der Waals surface area contributed by atoms with Crippen molar-refractivity contribution < 1.29 is 4.79 Å². The average molecular weight is 320 g/mol. The molecule has 0 spiro atoms. The van der Waals surface area contributed by atoms with Crippen LogP contribution in [0.1, 0.15) is 16.7 Å². The van der Waals surface area contributed by atoms with Crippen LogP contribution in [0.5, 0.6) is 0 Å². The van der Waals surface area contributed by atoms with Gasteiger partial charge in [0.05, 0.1) is 16.5 Å². The van der Waals surface area contributed by atoms with E-state index in [1.165, 1.54) is 11.1 Å². The molecule has 4 heteroatoms. The highest BCUT2D eigenvalue weighted by Gasteiger charge is 2.24. The van der Waals surface area contributed by atoms with Gasteiger partial charge in [-0.05, 0) is 42.7 Å². The number of rotatable bonds is 2. The maximum absolute atomic E-state index is 12.5. The molecule has 1 heterocycles. The van der Waals surface area contributed by atoms with Gasteiger partial charge in [-0.1, -0.05) is 47.0 Å². The molecule has 0 aromatic heterocycles. The van der Waals surface area contributed by atoms with E-state index in [-0.39, 0.29) is 5.91 Å². The van der Waals surface area contributed by atoms with E-state index in [1.807, 2.05) is 23.1 Å². The zero-order valence-corrected chi connectivity index (χ0v) is 13.2. The van der Waals surface area contributed by atoms with Crippen LogP contribution < -0.4 is 4.90 Å². The number of halogens is 2. The molecule has 2 nitrogen and oxygen atoms in total. The van der Waals surface area contributed by atoms with Crippen molar-refractivity contribution in [3.63, 3.8) is 0 Å². The normalized spacial score (nSPS) is 13.4. The lowest BCUT2D eigenvalue weighted by Crippen LogP contribution is -2.30. The third kappa shape index (κ3) is 2.92. The topological polar surface area (TPSA) is 20.3 Å². The van der Waals surface area contributed by atoms with Gasteiger partial charge in [-0.15, -0.1) is 0 Å². The third-order valence-electron chi connectivity index (χ3n) is 3.77. The molecule has 0 fully saturated rings. The molecular formula is C17H15Cl2NO. The first kappa shape index (κ1) is 14.4. The number of amides is 1. The minimum atomic E-state index is 0.0935. The number of carbonyl (C=O) groups is 1. The fourth-order valence-electron chi connectivity index (χ4n) is 2.71. The lowest BCUT2D eigenvalue weighted by Gasteiger charge is -2.17. The summed E-state index contributed by atoms with van der Waals surface area (Å²) < 4.78 is 0. The largest absolute Gasteiger partial charge is 0.312 e. The Morgan fingerprint density at radius 2 is 1.95 bits per heavy atom. The first-order chi connectivity index (χ1) is 10.0. The predicted octanol–water partition coefficient (Wildman–Crippen LogP) is 4.43. The second kappa shape index (κ2) is 5.70. The van der Waals surface area contributed by atoms with Crippen molar-refractivity contribution in [1.29, 1.82) is 0 Å². The Morgan fingerprint density at radius 1 is 1.14 bits per heavy atom. The maximum atomic E-state index is 12.5. The van der Waals surface area contributed by atoms with Crippen LogP contribution in [0.25, 0.3) is 0 Å². The second-order valence-electron chi connectivity index (χ2n) is 5.35. The van der Waals surface area contributed by atoms with Gasteiger partial charge in [0, 0.05) is 12.2 Å². The summed E-state index contributed by atoms with van der Waals surface area (Å²) in [5.41, 5.74) is 4.39. The summed E-state index contributed by atoms with van der Waals surface area (Å²) >= 11 is 11.9. The SMILES string of the molecule is Cc1ccc2c(c1)CCN2C(=O)Cc1ccc(Cl)c(Cl)c1. The predicted molar refractivity (Wildman–Crippen MR) is 87.4 cm³/mol. The van der Waals surface area contributed by atoms with Crippen molar-refractivity contribution in [2.45, 2.75) is 19.8 Å². The Hall–Kier alpha value is -1.51. The van der Waals surface area contributed by atoms with E-state index < -0.39 is 0 Å². The zero-order valence-electron chi connectivity index (χ0n) is 11.7. The lowest BCUT2D eigenvalue weighted by atomic mass is 10.1. The number of hydrogen-bond acceptors (Lipinski definition) is 1. The van der Waals surface area contributed by atoms with E-state index in [9.17, 15) is 4.79 Å². The van der Waals surface area contributed by atoms with E-state index in [4.69, 9.17) is 23.2 Å². The minimum Gasteiger partial charge on any atom is -0.312 e. The highest BCUT2D eigenvalue weighted by Crippen LogP contribution is 2.30. The molecule has 1 aliphatic heterocycles. The Kier molecular flexibility index (Phi) is 3.92. The molecule has 2 aromatic rings. The van der Waals surface area contributed by atoms with Crippen LogP contribution in [0.3, 0.4) is 0 Å². The summed E-state index contributed by atoms with van der Waals surface area (Å²) in [4.78, 5) is 14.4. The fourth-order valence-corrected chi connectivity index (χ4v) is 3.03. The van der Waals surface area contributed by atoms with Gasteiger partial charge in [0.1, 0.15) is 0 Å². The first-order valence-corrected chi connectivity index (χ1v) is 7.64. The van der Waals surface area contributed by atoms with E-state index in [2.05, 4.69) is 13.0 Å². The Bertz CT molecular complexity index is 712. The van der Waals surface area contributed by atoms with Gasteiger partial charge in [-0.2, -0.15) is 0 Å². The first-order valence-electron chi connectivity index (χ1n) is 6.88. The van der Waals surface area contributed by atoms with Gasteiger partial charge >= 0.3 is 0 Å². The van der Waals surface area contributed by atoms with Crippen molar-refractivity contribution in [3.05, 3.63) is 63.1 Å². The standard InChI is InChI=1S/C17H15Cl2NO/c1-11-2-5-16-13(8-11)6-7-20(16)17(21)10-12-3-4-14(18)15(19)9-12/h2-5,8-9H,6-7,10H2,1H3. The highest BCUT2D eigenvalue weighted by molar-refractivity contribution is 6.42. The molecule has 0 bridgehead atoms. The van der Waals surface area contributed by atoms with Crippen LogP contribution in [-0.4, -0.2) is 12.5 Å². The summed E-state index contributed by atoms with van der Waals surface area (Å²) in [5, 5.41) is 0.995. The molecule has 3 rings (SSSR count). The number of benzene rings is 2. The lowest BCUT2D eigenvalue weighted by molar-refractivity contribution is -0.117. The van der Waals surface area contributed by atoms with Crippen LogP contribution in [0.4, 0.5) is 5.69 Å². The highest BCUT2D eigenvalue weighted by atomic mass is 35.5. The number of carbonyl (C=O) groups excluding carboxylic acids is 1. The summed E-state index contributed by atoms with van der Waals surface area (Å²) in [6.07, 6.45) is 1.26. The quantitative estimate of drug-likeness (QED) is 0.801. The summed E-state index contributed by atoms with van der Waals surface area (Å²) in [7, 11) is 0. The van der Waals surface area contributed by atoms with E-state index in [0.29, 0.717) is 16.5 Å². The number of nitrogens with zero attached hydrogens (tertiary/aromatic N) is 1. The zero-order chi connectivity index (χ0) is 15.0. The van der Waals surface area contributed by atoms with Crippen LogP contribution in [-0.2, 0) is 17.6 Å². The van der Waals surface area contributed by atoms with Crippen LogP contribution in [0.2, 0.25) is 10.0 Å². The maximum Gasteiger partial charge on any atom is 0.231 e. The fraction of sp³-hybridized carbons (Fsp3) is 0.235. The molecule has 0 saturated heterocycles. The monoisotopic (exact) mass is 319 g/mol. The molecule has 21 heavy (non-hydrogen) atoms. The molecular weight excluding hydrogens is 305 g/mol. The molecule has 1 amide bonds. The Morgan fingerprint density at radius 3 is 2.71 bits per heavy atom. The van der Waals surface area contributed by atoms with Crippen molar-refractivity contribution in [2.24, 2.45) is 0 Å². The molecule has 0 N–H and O–H groups in total. The molecule has 0 unspecified atom stereocenters. The molecule has 0 radical (unpaired) electrons. The van der Waals surface area contributed by atoms with Crippen LogP contribution >= 0.6 is 23.2 Å². The summed E-state index contributed by atoms with van der Waals surface area (Å²) in [6, 6.07) is 11.6. The molecule has 108 valence electrons. The van der Waals surface area contributed by atoms with Crippen LogP contribution in [0.15, 0.2) is 36.4 Å². The number of fused-ring (bicyclic) bond motifs is 1. The van der Waals surface area contributed by atoms with E-state index in [0.717, 1.165) is 24.2 Å². The smallest absolute Gasteiger partial charge is 0.231 e. The average Bonchev–Trinajstić information content (AvgIpc) is 2.85. The van der Waals surface area contributed by atoms with Gasteiger partial charge in [0.25, 0.3) is 0 Å². The van der Waals surface area contributed by atoms with E-state index >= 15 is 0 Å². The van der Waals surface area contributed by atoms with Gasteiger partial charge < -0.3 is 4.90 Å². The molecule has 0 atom stereocenters. The molecule has 2 aromatic carbocycles. The summed E-state index contributed by atoms with van der Waals surface area (Å²) in [6.45, 7) is 2.82. The number of hydrogen-bond donors (Lipinski definition) is 0. The Balaban J connectivity index is 1.80. The van der Waals surface area contributed by atoms with Gasteiger partial charge in [0.2, 0.25) is 5.91 Å². The molecule has 0 aliphatic carbocycles. The van der Waals surface area contributed by atoms with Crippen molar-refractivity contribution in [2.75, 3.05) is 11.4 Å². The van der Waals surface area contributed by atoms with Crippen molar-refractivity contribution in [3.8, 4) is 0 Å². The molecule has 0 saturated carbocycles. The van der Waals surface area contributed by atoms with E-state index in [1.54, 1.807) is 12.1 Å². The Labute approximate surface area is 134 Å². The van der Waals surface area contributed by atoms with Crippen molar-refractivity contribution >= 4 is 34.8 Å². The summed E-state index contributed by atoms with van der Waals surface area (Å²) in [5.74, 6) is 0.0935.